The van der Waals surface area contributed by atoms with Gasteiger partial charge in [-0.25, -0.2) is 8.51 Å². The van der Waals surface area contributed by atoms with E-state index in [1.807, 2.05) is 20.8 Å². The Morgan fingerprint density at radius 3 is 2.10 bits per heavy atom. The number of methoxy groups -OCH3 is 1. The van der Waals surface area contributed by atoms with Gasteiger partial charge in [0, 0.05) is 44.6 Å². The second kappa shape index (κ2) is 17.4. The summed E-state index contributed by atoms with van der Waals surface area (Å²) in [6, 6.07) is -3.03. The number of carbonyl (C=O) groups is 5. The molecule has 3 saturated heterocycles. The third kappa shape index (κ3) is 7.99. The van der Waals surface area contributed by atoms with Crippen LogP contribution in [0.25, 0.3) is 0 Å². The van der Waals surface area contributed by atoms with Crippen LogP contribution in [0.2, 0.25) is 0 Å². The van der Waals surface area contributed by atoms with Crippen LogP contribution in [0.15, 0.2) is 12.7 Å². The zero-order chi connectivity index (χ0) is 43.3. The molecule has 0 aromatic carbocycles. The second-order valence-corrected chi connectivity index (χ2v) is 22.1. The largest absolute Gasteiger partial charge is 0.383 e. The maximum Gasteiger partial charge on any atom is 0.259 e. The lowest BCUT2D eigenvalue weighted by Crippen LogP contribution is -2.63. The minimum Gasteiger partial charge on any atom is -0.383 e. The van der Waals surface area contributed by atoms with Crippen molar-refractivity contribution in [2.24, 2.45) is 33.5 Å². The quantitative estimate of drug-likeness (QED) is 0.181. The average Bonchev–Trinajstić information content (AvgIpc) is 3.67. The van der Waals surface area contributed by atoms with E-state index in [4.69, 9.17) is 4.74 Å². The SMILES string of the molecule is C=CC1CC1(NC(=O)C1CC2(CN1C(=O)C(NC(=O)C(NC(=O)C1CCCCN1CCOC)C1CCCCC1)C(C)(C)C)C(C)(C)C21CCC1)C(=O)NS(=O)N1CCCC1. The summed E-state index contributed by atoms with van der Waals surface area (Å²) in [6.07, 6.45) is 14.7. The lowest BCUT2D eigenvalue weighted by atomic mass is 9.73. The highest BCUT2D eigenvalue weighted by Crippen LogP contribution is 2.88. The number of fused-ring (bicyclic) bond motifs is 1. The molecular weight excluding hydrogens is 783 g/mol. The van der Waals surface area contributed by atoms with Crippen molar-refractivity contribution in [1.29, 1.82) is 0 Å². The molecular formula is C45H73N7O7S. The topological polar surface area (TPSA) is 169 Å². The standard InChI is InChI=1S/C45H73N7O7S/c1-8-31-27-45(31,40(57)49-60(58)51-23-14-15-24-51)48-37(54)33-28-44(42(5,6)43(44)20-16-21-43)29-52(33)39(56)35(41(2,3)4)47-38(55)34(30-17-10-9-11-18-30)46-36(53)32-19-12-13-22-50(32)25-26-59-7/h8,30-35H,1,9-29H2,2-7H3,(H,46,53)(H,47,55)(H,48,54)(H,49,57). The molecule has 8 atom stereocenters. The van der Waals surface area contributed by atoms with Crippen LogP contribution in [-0.2, 0) is 39.9 Å². The van der Waals surface area contributed by atoms with Crippen molar-refractivity contribution in [2.45, 2.75) is 161 Å². The molecule has 15 heteroatoms. The molecule has 8 unspecified atom stereocenters. The van der Waals surface area contributed by atoms with E-state index in [1.165, 1.54) is 0 Å². The van der Waals surface area contributed by atoms with Crippen molar-refractivity contribution in [1.82, 2.24) is 34.8 Å². The molecule has 7 aliphatic rings. The van der Waals surface area contributed by atoms with E-state index in [9.17, 15) is 23.4 Å². The molecule has 4 saturated carbocycles. The fourth-order valence-electron chi connectivity index (χ4n) is 12.4. The summed E-state index contributed by atoms with van der Waals surface area (Å²) in [6.45, 7) is 17.8. The summed E-state index contributed by atoms with van der Waals surface area (Å²) >= 11 is -1.72. The smallest absolute Gasteiger partial charge is 0.259 e. The minimum atomic E-state index is -1.72. The van der Waals surface area contributed by atoms with Gasteiger partial charge in [-0.3, -0.25) is 33.6 Å². The van der Waals surface area contributed by atoms with Crippen molar-refractivity contribution in [2.75, 3.05) is 46.4 Å². The summed E-state index contributed by atoms with van der Waals surface area (Å²) in [5.74, 6) is -2.19. The fourth-order valence-corrected chi connectivity index (χ4v) is 13.5. The van der Waals surface area contributed by atoms with Crippen LogP contribution in [0.3, 0.4) is 0 Å². The zero-order valence-corrected chi connectivity index (χ0v) is 38.0. The number of hydrogen-bond acceptors (Lipinski definition) is 8. The Kier molecular flexibility index (Phi) is 13.1. The molecule has 60 heavy (non-hydrogen) atoms. The van der Waals surface area contributed by atoms with E-state index in [1.54, 1.807) is 22.4 Å². The number of carbonyl (C=O) groups excluding carboxylic acids is 5. The van der Waals surface area contributed by atoms with E-state index < -0.39 is 52.1 Å². The van der Waals surface area contributed by atoms with Crippen molar-refractivity contribution in [3.05, 3.63) is 12.7 Å². The van der Waals surface area contributed by atoms with Crippen LogP contribution in [0.1, 0.15) is 131 Å². The highest BCUT2D eigenvalue weighted by atomic mass is 32.2. The summed E-state index contributed by atoms with van der Waals surface area (Å²) in [5.41, 5.74) is -2.44. The van der Waals surface area contributed by atoms with Crippen LogP contribution >= 0.6 is 0 Å². The van der Waals surface area contributed by atoms with E-state index in [0.717, 1.165) is 83.6 Å². The molecule has 0 aromatic heterocycles. The number of rotatable bonds is 15. The predicted octanol–water partition coefficient (Wildman–Crippen LogP) is 3.73. The van der Waals surface area contributed by atoms with E-state index in [-0.39, 0.29) is 51.8 Å². The molecule has 2 spiro atoms. The van der Waals surface area contributed by atoms with Crippen LogP contribution in [-0.4, -0.2) is 124 Å². The maximum absolute atomic E-state index is 15.3. The predicted molar refractivity (Wildman–Crippen MR) is 230 cm³/mol. The Labute approximate surface area is 360 Å². The monoisotopic (exact) mass is 856 g/mol. The first-order valence-corrected chi connectivity index (χ1v) is 24.1. The van der Waals surface area contributed by atoms with E-state index in [2.05, 4.69) is 46.0 Å². The van der Waals surface area contributed by atoms with Gasteiger partial charge in [-0.05, 0) is 92.9 Å². The third-order valence-corrected chi connectivity index (χ3v) is 17.7. The number of likely N-dealkylation sites (tertiary alicyclic amines) is 2. The van der Waals surface area contributed by atoms with Crippen molar-refractivity contribution in [3.63, 3.8) is 0 Å². The van der Waals surface area contributed by atoms with Gasteiger partial charge in [0.2, 0.25) is 23.6 Å². The Balaban J connectivity index is 1.14. The van der Waals surface area contributed by atoms with Gasteiger partial charge in [-0.1, -0.05) is 72.8 Å². The lowest BCUT2D eigenvalue weighted by molar-refractivity contribution is -0.145. The lowest BCUT2D eigenvalue weighted by Gasteiger charge is -2.39. The first kappa shape index (κ1) is 45.2. The number of nitrogens with one attached hydrogen (secondary N) is 4. The number of hydrogen-bond donors (Lipinski definition) is 4. The molecule has 3 aliphatic heterocycles. The van der Waals surface area contributed by atoms with Crippen LogP contribution in [0, 0.1) is 33.5 Å². The van der Waals surface area contributed by atoms with Gasteiger partial charge in [0.15, 0.2) is 11.2 Å². The molecule has 3 heterocycles. The van der Waals surface area contributed by atoms with Gasteiger partial charge in [0.25, 0.3) is 5.91 Å². The number of amides is 5. The number of piperidine rings is 1. The Morgan fingerprint density at radius 1 is 0.850 bits per heavy atom. The molecule has 7 rings (SSSR count). The summed E-state index contributed by atoms with van der Waals surface area (Å²) in [7, 11) is 1.66. The van der Waals surface area contributed by atoms with Gasteiger partial charge in [-0.15, -0.1) is 6.58 Å². The molecule has 5 amide bonds. The molecule has 4 N–H and O–H groups in total. The number of nitrogens with zero attached hydrogens (tertiary/aromatic N) is 3. The van der Waals surface area contributed by atoms with Gasteiger partial charge in [-0.2, -0.15) is 0 Å². The molecule has 0 bridgehead atoms. The first-order valence-electron chi connectivity index (χ1n) is 23.0. The van der Waals surface area contributed by atoms with Gasteiger partial charge in [0.05, 0.1) is 12.6 Å². The minimum absolute atomic E-state index is 0.0194. The molecule has 336 valence electrons. The molecule has 0 radical (unpaired) electrons. The van der Waals surface area contributed by atoms with Crippen LogP contribution < -0.4 is 20.7 Å². The van der Waals surface area contributed by atoms with Gasteiger partial charge in [0.1, 0.15) is 23.7 Å². The highest BCUT2D eigenvalue weighted by Gasteiger charge is 2.85. The second-order valence-electron chi connectivity index (χ2n) is 20.9. The summed E-state index contributed by atoms with van der Waals surface area (Å²) in [4.78, 5) is 76.7. The molecule has 7 fully saturated rings. The normalized spacial score (nSPS) is 32.7. The maximum atomic E-state index is 15.3. The Morgan fingerprint density at radius 2 is 1.52 bits per heavy atom. The van der Waals surface area contributed by atoms with E-state index >= 15 is 4.79 Å². The van der Waals surface area contributed by atoms with Gasteiger partial charge < -0.3 is 25.6 Å². The van der Waals surface area contributed by atoms with Crippen LogP contribution in [0.5, 0.6) is 0 Å². The van der Waals surface area contributed by atoms with E-state index in [0.29, 0.717) is 52.0 Å². The number of ether oxygens (including phenoxy) is 1. The summed E-state index contributed by atoms with van der Waals surface area (Å²) < 4.78 is 22.9. The molecule has 14 nitrogen and oxygen atoms in total. The highest BCUT2D eigenvalue weighted by molar-refractivity contribution is 7.81. The molecule has 0 aromatic rings. The van der Waals surface area contributed by atoms with Crippen LogP contribution in [0.4, 0.5) is 0 Å². The third-order valence-electron chi connectivity index (χ3n) is 16.5. The van der Waals surface area contributed by atoms with Crippen molar-refractivity contribution in [3.8, 4) is 0 Å². The Hall–Kier alpha value is -2.88. The molecule has 4 aliphatic carbocycles. The average molecular weight is 856 g/mol. The fraction of sp³-hybridized carbons (Fsp3) is 0.844. The first-order chi connectivity index (χ1) is 28.5. The summed E-state index contributed by atoms with van der Waals surface area (Å²) in [5, 5.41) is 9.46. The zero-order valence-electron chi connectivity index (χ0n) is 37.2. The van der Waals surface area contributed by atoms with Gasteiger partial charge >= 0.3 is 0 Å². The Bertz CT molecular complexity index is 1700. The van der Waals surface area contributed by atoms with Crippen molar-refractivity contribution < 1.29 is 32.9 Å². The van der Waals surface area contributed by atoms with Crippen molar-refractivity contribution >= 4 is 40.7 Å².